The number of carboxylic acid groups (broad SMARTS) is 1. The van der Waals surface area contributed by atoms with E-state index in [-0.39, 0.29) is 6.54 Å². The number of nitrogens with two attached hydrogens (primary N) is 2. The molecule has 30 heavy (non-hydrogen) atoms. The monoisotopic (exact) mass is 442 g/mol. The van der Waals surface area contributed by atoms with Crippen LogP contribution in [0.5, 0.6) is 0 Å². The molecule has 5 atom stereocenters. The van der Waals surface area contributed by atoms with E-state index in [4.69, 9.17) is 21.4 Å². The zero-order chi connectivity index (χ0) is 23.6. The lowest BCUT2D eigenvalue weighted by Crippen LogP contribution is -2.77. The summed E-state index contributed by atoms with van der Waals surface area (Å²) in [5.74, 6) is -4.45. The summed E-state index contributed by atoms with van der Waals surface area (Å²) in [6.45, 7) is 3.29. The smallest absolute Gasteiger partial charge is 0.475 e. The molecule has 14 heteroatoms. The summed E-state index contributed by atoms with van der Waals surface area (Å²) in [6, 6.07) is -2.22. The van der Waals surface area contributed by atoms with E-state index in [0.29, 0.717) is 19.4 Å². The van der Waals surface area contributed by atoms with Gasteiger partial charge in [-0.25, -0.2) is 4.79 Å². The molecule has 172 valence electrons. The van der Waals surface area contributed by atoms with Gasteiger partial charge in [-0.1, -0.05) is 0 Å². The number of nitrogens with zero attached hydrogens (tertiary/aromatic N) is 2. The van der Waals surface area contributed by atoms with Crippen LogP contribution in [0.15, 0.2) is 0 Å². The van der Waals surface area contributed by atoms with E-state index in [1.807, 2.05) is 0 Å². The number of carbonyl (C=O) groups excluding carboxylic acids is 3. The Morgan fingerprint density at radius 2 is 1.67 bits per heavy atom. The number of primary amides is 1. The molecule has 2 aliphatic heterocycles. The largest absolute Gasteiger partial charge is 0.490 e. The molecule has 1 unspecified atom stereocenters. The number of hydrogen-bond donors (Lipinski definition) is 5. The van der Waals surface area contributed by atoms with Crippen LogP contribution in [0, 0.1) is 0 Å². The Morgan fingerprint density at radius 1 is 1.17 bits per heavy atom. The maximum Gasteiger partial charge on any atom is 0.490 e. The summed E-state index contributed by atoms with van der Waals surface area (Å²) in [6.07, 6.45) is -6.11. The Labute approximate surface area is 169 Å². The van der Waals surface area contributed by atoms with Gasteiger partial charge in [-0.15, -0.1) is 0 Å². The highest BCUT2D eigenvalue weighted by molar-refractivity contribution is 6.01. The number of aliphatic carboxylic acids is 1. The molecular weight excluding hydrogens is 417 g/mol. The molecule has 0 aliphatic carbocycles. The van der Waals surface area contributed by atoms with E-state index in [9.17, 15) is 37.8 Å². The Balaban J connectivity index is 0.000000553. The van der Waals surface area contributed by atoms with Gasteiger partial charge in [-0.2, -0.15) is 13.2 Å². The lowest BCUT2D eigenvalue weighted by molar-refractivity contribution is -0.192. The molecule has 0 saturated carbocycles. The van der Waals surface area contributed by atoms with E-state index in [2.05, 4.69) is 0 Å². The lowest BCUT2D eigenvalue weighted by atomic mass is 9.83. The minimum absolute atomic E-state index is 0.128. The molecule has 0 radical (unpaired) electrons. The van der Waals surface area contributed by atoms with E-state index >= 15 is 0 Å². The molecule has 7 N–H and O–H groups in total. The van der Waals surface area contributed by atoms with E-state index in [1.54, 1.807) is 0 Å². The summed E-state index contributed by atoms with van der Waals surface area (Å²) in [4.78, 5) is 48.0. The molecule has 2 aliphatic rings. The average molecular weight is 442 g/mol. The maximum absolute atomic E-state index is 12.7. The van der Waals surface area contributed by atoms with Crippen LogP contribution >= 0.6 is 0 Å². The molecule has 0 aromatic rings. The number of carbonyl (C=O) groups is 4. The van der Waals surface area contributed by atoms with Crippen LogP contribution in [0.3, 0.4) is 0 Å². The molecule has 2 saturated heterocycles. The molecule has 0 aromatic heterocycles. The quantitative estimate of drug-likeness (QED) is 0.296. The summed E-state index contributed by atoms with van der Waals surface area (Å²) in [5, 5.41) is 26.3. The molecule has 2 fully saturated rings. The van der Waals surface area contributed by atoms with Gasteiger partial charge in [0.2, 0.25) is 11.8 Å². The van der Waals surface area contributed by atoms with Gasteiger partial charge in [0.25, 0.3) is 5.91 Å². The molecule has 0 bridgehead atoms. The van der Waals surface area contributed by atoms with Crippen molar-refractivity contribution in [3.63, 3.8) is 0 Å². The van der Waals surface area contributed by atoms with Gasteiger partial charge in [0.1, 0.15) is 17.6 Å². The molecule has 3 amide bonds. The zero-order valence-corrected chi connectivity index (χ0v) is 16.3. The van der Waals surface area contributed by atoms with E-state index in [0.717, 1.165) is 0 Å². The van der Waals surface area contributed by atoms with Crippen molar-refractivity contribution >= 4 is 23.7 Å². The number of aliphatic hydroxyl groups is 2. The predicted molar refractivity (Wildman–Crippen MR) is 93.4 cm³/mol. The van der Waals surface area contributed by atoms with Crippen LogP contribution in [0.1, 0.15) is 26.7 Å². The van der Waals surface area contributed by atoms with Gasteiger partial charge >= 0.3 is 12.1 Å². The van der Waals surface area contributed by atoms with Crippen molar-refractivity contribution in [2.45, 2.75) is 62.7 Å². The Bertz CT molecular complexity index is 701. The number of aliphatic hydroxyl groups excluding tert-OH is 2. The van der Waals surface area contributed by atoms with Crippen LogP contribution in [0.25, 0.3) is 0 Å². The Kier molecular flexibility index (Phi) is 7.79. The normalized spacial score (nSPS) is 25.0. The van der Waals surface area contributed by atoms with Crippen molar-refractivity contribution in [1.29, 1.82) is 0 Å². The first-order valence-electron chi connectivity index (χ1n) is 8.91. The number of likely N-dealkylation sites (tertiary alicyclic amines) is 2. The second kappa shape index (κ2) is 9.14. The van der Waals surface area contributed by atoms with Crippen molar-refractivity contribution < 1.29 is 47.7 Å². The predicted octanol–water partition coefficient (Wildman–Crippen LogP) is -2.23. The van der Waals surface area contributed by atoms with Gasteiger partial charge in [0, 0.05) is 6.54 Å². The third-order valence-corrected chi connectivity index (χ3v) is 4.98. The Hall–Kier alpha value is -2.45. The highest BCUT2D eigenvalue weighted by Crippen LogP contribution is 2.40. The number of alkyl halides is 3. The molecule has 0 aromatic carbocycles. The second-order valence-electron chi connectivity index (χ2n) is 7.22. The van der Waals surface area contributed by atoms with Crippen LogP contribution in [-0.2, 0) is 19.2 Å². The zero-order valence-electron chi connectivity index (χ0n) is 16.3. The summed E-state index contributed by atoms with van der Waals surface area (Å²) < 4.78 is 31.7. The van der Waals surface area contributed by atoms with Gasteiger partial charge in [-0.3, -0.25) is 14.4 Å². The van der Waals surface area contributed by atoms with Gasteiger partial charge in [0.05, 0.1) is 18.8 Å². The topological polar surface area (TPSA) is 187 Å². The second-order valence-corrected chi connectivity index (χ2v) is 7.22. The van der Waals surface area contributed by atoms with Crippen LogP contribution in [0.2, 0.25) is 0 Å². The number of hydrogen-bond acceptors (Lipinski definition) is 7. The highest BCUT2D eigenvalue weighted by atomic mass is 19.4. The number of rotatable bonds is 5. The molecule has 1 spiro atoms. The van der Waals surface area contributed by atoms with Crippen LogP contribution < -0.4 is 11.5 Å². The van der Waals surface area contributed by atoms with E-state index < -0.39 is 59.7 Å². The fourth-order valence-electron chi connectivity index (χ4n) is 3.45. The van der Waals surface area contributed by atoms with Gasteiger partial charge in [0.15, 0.2) is 0 Å². The fraction of sp³-hybridized carbons (Fsp3) is 0.750. The number of amides is 3. The standard InChI is InChI=1S/C14H24N4O5.C2HF3O2/c1-7(19)9(15)12(22)18-5-3-4-14(18)6-17(13(14)23)10(8(2)20)11(16)21;3-2(4,5)1(6)7/h7-10,19-20H,3-6,15H2,1-2H3,(H2,16,21);(H,6,7)/t7-,8-,9+,10+,14?;/m1./s1. The lowest BCUT2D eigenvalue weighted by Gasteiger charge is -2.53. The summed E-state index contributed by atoms with van der Waals surface area (Å²) in [5.41, 5.74) is 9.91. The fourth-order valence-corrected chi connectivity index (χ4v) is 3.45. The van der Waals surface area contributed by atoms with Gasteiger partial charge < -0.3 is 36.6 Å². The highest BCUT2D eigenvalue weighted by Gasteiger charge is 2.62. The first kappa shape index (κ1) is 25.6. The first-order valence-corrected chi connectivity index (χ1v) is 8.91. The summed E-state index contributed by atoms with van der Waals surface area (Å²) in [7, 11) is 0. The van der Waals surface area contributed by atoms with Crippen molar-refractivity contribution in [1.82, 2.24) is 9.80 Å². The maximum atomic E-state index is 12.7. The number of β-lactam (4-membered cyclic amide) rings is 1. The van der Waals surface area contributed by atoms with Crippen molar-refractivity contribution in [3.8, 4) is 0 Å². The van der Waals surface area contributed by atoms with Crippen molar-refractivity contribution in [2.75, 3.05) is 13.1 Å². The molecule has 11 nitrogen and oxygen atoms in total. The van der Waals surface area contributed by atoms with Crippen LogP contribution in [-0.4, -0.2) is 97.9 Å². The Morgan fingerprint density at radius 3 is 2.00 bits per heavy atom. The summed E-state index contributed by atoms with van der Waals surface area (Å²) >= 11 is 0. The van der Waals surface area contributed by atoms with Crippen molar-refractivity contribution in [3.05, 3.63) is 0 Å². The average Bonchev–Trinajstić information content (AvgIpc) is 3.05. The molecule has 2 rings (SSSR count). The number of carboxylic acids is 1. The number of halogens is 3. The first-order chi connectivity index (χ1) is 13.6. The SMILES string of the molecule is C[C@@H](O)[C@H](N)C(=O)N1CCCC12CN([C@H](C(N)=O)[C@@H](C)O)C2=O.O=C(O)C(F)(F)F. The van der Waals surface area contributed by atoms with Crippen LogP contribution in [0.4, 0.5) is 13.2 Å². The minimum Gasteiger partial charge on any atom is -0.475 e. The van der Waals surface area contributed by atoms with E-state index in [1.165, 1.54) is 23.6 Å². The van der Waals surface area contributed by atoms with Gasteiger partial charge in [-0.05, 0) is 26.7 Å². The third-order valence-electron chi connectivity index (χ3n) is 4.98. The van der Waals surface area contributed by atoms with Crippen molar-refractivity contribution in [2.24, 2.45) is 11.5 Å². The minimum atomic E-state index is -5.08. The third kappa shape index (κ3) is 4.99. The molecular formula is C16H25F3N4O7. The molecule has 2 heterocycles.